The van der Waals surface area contributed by atoms with E-state index in [2.05, 4.69) is 127 Å². The molecule has 4 bridgehead atoms. The molecule has 0 heterocycles. The molecule has 4 rings (SSSR count). The van der Waals surface area contributed by atoms with Gasteiger partial charge in [-0.2, -0.15) is 0 Å². The molecule has 4 fully saturated rings. The van der Waals surface area contributed by atoms with E-state index in [1.165, 1.54) is 38.5 Å². The highest BCUT2D eigenvalue weighted by atomic mass is 79.9. The second-order valence-electron chi connectivity index (χ2n) is 7.71. The highest BCUT2D eigenvalue weighted by Crippen LogP contribution is 2.80. The SMILES string of the molecule is BrC(Br)C12CC3(C(Br)Br)CC(C(Br)Br)(C1)CC(C(Br)Br)(C2)C3. The summed E-state index contributed by atoms with van der Waals surface area (Å²) >= 11 is 31.3. The fourth-order valence-electron chi connectivity index (χ4n) is 5.88. The Morgan fingerprint density at radius 1 is 0.364 bits per heavy atom. The fourth-order valence-corrected chi connectivity index (χ4v) is 9.77. The summed E-state index contributed by atoms with van der Waals surface area (Å²) in [5, 5.41) is 0. The van der Waals surface area contributed by atoms with E-state index in [0.29, 0.717) is 14.9 Å². The number of halogens is 8. The molecule has 0 unspecified atom stereocenters. The van der Waals surface area contributed by atoms with Crippen LogP contribution in [-0.4, -0.2) is 14.9 Å². The molecule has 0 radical (unpaired) electrons. The van der Waals surface area contributed by atoms with Gasteiger partial charge in [-0.25, -0.2) is 0 Å². The first-order valence-electron chi connectivity index (χ1n) is 7.14. The molecule has 4 saturated carbocycles. The van der Waals surface area contributed by atoms with Crippen LogP contribution in [0.1, 0.15) is 38.5 Å². The highest BCUT2D eigenvalue weighted by molar-refractivity contribution is 9.25. The van der Waals surface area contributed by atoms with Crippen LogP contribution in [0.4, 0.5) is 0 Å². The summed E-state index contributed by atoms with van der Waals surface area (Å²) in [5.41, 5.74) is 1.14. The molecule has 0 nitrogen and oxygen atoms in total. The molecule has 0 N–H and O–H groups in total. The summed E-state index contributed by atoms with van der Waals surface area (Å²) < 4.78 is 1.40. The lowest BCUT2D eigenvalue weighted by molar-refractivity contribution is -0.175. The molecule has 128 valence electrons. The summed E-state index contributed by atoms with van der Waals surface area (Å²) in [6.07, 6.45) is 7.53. The molecule has 8 heteroatoms. The topological polar surface area (TPSA) is 0 Å². The van der Waals surface area contributed by atoms with Gasteiger partial charge in [-0.3, -0.25) is 0 Å². The Morgan fingerprint density at radius 3 is 0.591 bits per heavy atom. The Morgan fingerprint density at radius 2 is 0.500 bits per heavy atom. The lowest BCUT2D eigenvalue weighted by atomic mass is 9.37. The van der Waals surface area contributed by atoms with Gasteiger partial charge in [-0.05, 0) is 60.2 Å². The minimum Gasteiger partial charge on any atom is -0.0759 e. The van der Waals surface area contributed by atoms with Crippen molar-refractivity contribution < 1.29 is 0 Å². The van der Waals surface area contributed by atoms with Crippen molar-refractivity contribution in [1.82, 2.24) is 0 Å². The van der Waals surface area contributed by atoms with Crippen molar-refractivity contribution in [3.63, 3.8) is 0 Å². The van der Waals surface area contributed by atoms with Gasteiger partial charge in [0.05, 0.1) is 14.9 Å². The molecular formula is C14H16Br8. The average molecular weight is 824 g/mol. The van der Waals surface area contributed by atoms with Crippen molar-refractivity contribution in [1.29, 1.82) is 0 Å². The predicted octanol–water partition coefficient (Wildman–Crippen LogP) is 8.78. The van der Waals surface area contributed by atoms with Crippen LogP contribution < -0.4 is 0 Å². The standard InChI is InChI=1S/C14H16Br8/c15-7(16)11-1-12(8(17)18)4-13(2-11,9(19)20)6-14(3-11,5-12)10(21)22/h7-10H,1-6H2. The summed E-state index contributed by atoms with van der Waals surface area (Å²) in [4.78, 5) is 0. The van der Waals surface area contributed by atoms with E-state index in [1.54, 1.807) is 0 Å². The van der Waals surface area contributed by atoms with Gasteiger partial charge in [0, 0.05) is 0 Å². The molecule has 0 aromatic heterocycles. The van der Waals surface area contributed by atoms with Gasteiger partial charge < -0.3 is 0 Å². The first-order chi connectivity index (χ1) is 10.0. The van der Waals surface area contributed by atoms with Crippen LogP contribution in [-0.2, 0) is 0 Å². The van der Waals surface area contributed by atoms with E-state index in [1.807, 2.05) is 0 Å². The summed E-state index contributed by atoms with van der Waals surface area (Å²) in [6, 6.07) is 0. The molecule has 4 aliphatic rings. The van der Waals surface area contributed by atoms with Crippen molar-refractivity contribution in [2.24, 2.45) is 21.7 Å². The van der Waals surface area contributed by atoms with Crippen LogP contribution in [0.25, 0.3) is 0 Å². The van der Waals surface area contributed by atoms with E-state index in [0.717, 1.165) is 0 Å². The van der Waals surface area contributed by atoms with E-state index >= 15 is 0 Å². The molecular weight excluding hydrogens is 807 g/mol. The second kappa shape index (κ2) is 6.72. The highest BCUT2D eigenvalue weighted by Gasteiger charge is 2.72. The van der Waals surface area contributed by atoms with Crippen molar-refractivity contribution in [3.8, 4) is 0 Å². The molecule has 0 aromatic carbocycles. The molecule has 0 spiro atoms. The quantitative estimate of drug-likeness (QED) is 0.249. The lowest BCUT2D eigenvalue weighted by Crippen LogP contribution is -2.66. The number of hydrogen-bond acceptors (Lipinski definition) is 0. The monoisotopic (exact) mass is 815 g/mol. The third-order valence-electron chi connectivity index (χ3n) is 6.08. The van der Waals surface area contributed by atoms with Gasteiger partial charge in [-0.15, -0.1) is 0 Å². The summed E-state index contributed by atoms with van der Waals surface area (Å²) in [5.74, 6) is 0. The van der Waals surface area contributed by atoms with Crippen LogP contribution in [0.2, 0.25) is 0 Å². The molecule has 4 aliphatic carbocycles. The van der Waals surface area contributed by atoms with Gasteiger partial charge in [-0.1, -0.05) is 127 Å². The zero-order valence-corrected chi connectivity index (χ0v) is 24.3. The van der Waals surface area contributed by atoms with Crippen LogP contribution >= 0.6 is 127 Å². The van der Waals surface area contributed by atoms with E-state index < -0.39 is 0 Å². The number of alkyl halides is 8. The van der Waals surface area contributed by atoms with Gasteiger partial charge in [0.2, 0.25) is 0 Å². The lowest BCUT2D eigenvalue weighted by Gasteiger charge is -2.72. The van der Waals surface area contributed by atoms with E-state index in [-0.39, 0.29) is 21.7 Å². The molecule has 0 aliphatic heterocycles. The Labute approximate surface area is 199 Å². The Kier molecular flexibility index (Phi) is 6.28. The minimum atomic E-state index is 0.286. The smallest absolute Gasteiger partial charge is 0.0754 e. The third kappa shape index (κ3) is 3.05. The first-order valence-corrected chi connectivity index (χ1v) is 14.5. The Balaban J connectivity index is 2.17. The Bertz CT molecular complexity index is 340. The normalized spacial score (nSPS) is 47.5. The fraction of sp³-hybridized carbons (Fsp3) is 1.00. The maximum absolute atomic E-state index is 3.91. The zero-order valence-electron chi connectivity index (χ0n) is 11.6. The van der Waals surface area contributed by atoms with E-state index in [9.17, 15) is 0 Å². The molecule has 0 amide bonds. The van der Waals surface area contributed by atoms with Gasteiger partial charge in [0.15, 0.2) is 0 Å². The molecule has 0 saturated heterocycles. The van der Waals surface area contributed by atoms with E-state index in [4.69, 9.17) is 0 Å². The van der Waals surface area contributed by atoms with Gasteiger partial charge in [0.25, 0.3) is 0 Å². The zero-order chi connectivity index (χ0) is 16.6. The van der Waals surface area contributed by atoms with Crippen LogP contribution in [0, 0.1) is 21.7 Å². The van der Waals surface area contributed by atoms with Crippen molar-refractivity contribution >= 4 is 127 Å². The molecule has 0 atom stereocenters. The largest absolute Gasteiger partial charge is 0.0759 e. The summed E-state index contributed by atoms with van der Waals surface area (Å²) in [7, 11) is 0. The third-order valence-corrected chi connectivity index (χ3v) is 13.8. The number of hydrogen-bond donors (Lipinski definition) is 0. The van der Waals surface area contributed by atoms with Gasteiger partial charge in [0.1, 0.15) is 0 Å². The van der Waals surface area contributed by atoms with Crippen LogP contribution in [0.5, 0.6) is 0 Å². The predicted molar refractivity (Wildman–Crippen MR) is 124 cm³/mol. The Hall–Kier alpha value is 3.84. The second-order valence-corrected chi connectivity index (χ2v) is 20.0. The molecule has 0 aromatic rings. The van der Waals surface area contributed by atoms with Crippen molar-refractivity contribution in [3.05, 3.63) is 0 Å². The first kappa shape index (κ1) is 20.6. The molecule has 22 heavy (non-hydrogen) atoms. The minimum absolute atomic E-state index is 0.286. The maximum Gasteiger partial charge on any atom is 0.0754 e. The van der Waals surface area contributed by atoms with Gasteiger partial charge >= 0.3 is 0 Å². The average Bonchev–Trinajstić information content (AvgIpc) is 2.36. The van der Waals surface area contributed by atoms with Crippen LogP contribution in [0.15, 0.2) is 0 Å². The van der Waals surface area contributed by atoms with Crippen LogP contribution in [0.3, 0.4) is 0 Å². The van der Waals surface area contributed by atoms with Crippen molar-refractivity contribution in [2.45, 2.75) is 53.5 Å². The maximum atomic E-state index is 3.91. The summed E-state index contributed by atoms with van der Waals surface area (Å²) in [6.45, 7) is 0. The van der Waals surface area contributed by atoms with Crippen molar-refractivity contribution in [2.75, 3.05) is 0 Å². The number of rotatable bonds is 4.